The fourth-order valence-electron chi connectivity index (χ4n) is 3.16. The topological polar surface area (TPSA) is 20.7 Å². The number of nitrogens with zero attached hydrogens (tertiary/aromatic N) is 1. The van der Waals surface area contributed by atoms with E-state index in [9.17, 15) is 4.39 Å². The van der Waals surface area contributed by atoms with Gasteiger partial charge in [-0.25, -0.2) is 4.39 Å². The number of fused-ring (bicyclic) bond motifs is 2. The Morgan fingerprint density at radius 1 is 1.43 bits per heavy atom. The predicted molar refractivity (Wildman–Crippen MR) is 87.5 cm³/mol. The van der Waals surface area contributed by atoms with E-state index in [0.717, 1.165) is 24.8 Å². The molecule has 4 rings (SSSR count). The van der Waals surface area contributed by atoms with Crippen molar-refractivity contribution >= 4 is 46.2 Å². The van der Waals surface area contributed by atoms with E-state index in [4.69, 9.17) is 23.8 Å². The lowest BCUT2D eigenvalue weighted by molar-refractivity contribution is 0.500. The number of benzene rings is 1. The molecular formula is C15H12ClFN2S2. The van der Waals surface area contributed by atoms with E-state index in [1.807, 2.05) is 0 Å². The van der Waals surface area contributed by atoms with Crippen molar-refractivity contribution in [3.8, 4) is 0 Å². The van der Waals surface area contributed by atoms with E-state index in [-0.39, 0.29) is 11.1 Å². The van der Waals surface area contributed by atoms with Crippen molar-refractivity contribution in [3.63, 3.8) is 0 Å². The molecule has 0 amide bonds. The number of thiophene rings is 1. The van der Waals surface area contributed by atoms with Crippen molar-refractivity contribution in [3.05, 3.63) is 49.6 Å². The molecule has 2 heterocycles. The lowest BCUT2D eigenvalue weighted by atomic mass is 9.94. The number of H-pyrrole nitrogens is 1. The predicted octanol–water partition coefficient (Wildman–Crippen LogP) is 5.48. The molecule has 0 saturated heterocycles. The van der Waals surface area contributed by atoms with Crippen molar-refractivity contribution in [1.82, 2.24) is 9.55 Å². The van der Waals surface area contributed by atoms with Crippen molar-refractivity contribution in [2.75, 3.05) is 0 Å². The van der Waals surface area contributed by atoms with Gasteiger partial charge < -0.3 is 9.55 Å². The van der Waals surface area contributed by atoms with Crippen LogP contribution < -0.4 is 0 Å². The van der Waals surface area contributed by atoms with Crippen LogP contribution in [0.15, 0.2) is 23.6 Å². The average molecular weight is 339 g/mol. The van der Waals surface area contributed by atoms with Crippen LogP contribution in [0.25, 0.3) is 11.0 Å². The second kappa shape index (κ2) is 4.93. The number of nitrogens with one attached hydrogen (secondary N) is 1. The van der Waals surface area contributed by atoms with Crippen LogP contribution in [0.3, 0.4) is 0 Å². The second-order valence-electron chi connectivity index (χ2n) is 5.29. The summed E-state index contributed by atoms with van der Waals surface area (Å²) in [6.07, 6.45) is 3.32. The summed E-state index contributed by atoms with van der Waals surface area (Å²) in [7, 11) is 0. The summed E-state index contributed by atoms with van der Waals surface area (Å²) in [5.74, 6) is -0.424. The van der Waals surface area contributed by atoms with E-state index in [1.165, 1.54) is 16.5 Å². The Morgan fingerprint density at radius 3 is 3.14 bits per heavy atom. The number of aromatic amines is 1. The van der Waals surface area contributed by atoms with E-state index in [1.54, 1.807) is 17.4 Å². The molecule has 0 spiro atoms. The van der Waals surface area contributed by atoms with Crippen LogP contribution >= 0.6 is 35.2 Å². The molecule has 1 atom stereocenters. The Labute approximate surface area is 135 Å². The molecule has 6 heteroatoms. The van der Waals surface area contributed by atoms with E-state index >= 15 is 0 Å². The van der Waals surface area contributed by atoms with Crippen LogP contribution in [-0.2, 0) is 6.42 Å². The summed E-state index contributed by atoms with van der Waals surface area (Å²) >= 11 is 13.2. The monoisotopic (exact) mass is 338 g/mol. The highest BCUT2D eigenvalue weighted by Crippen LogP contribution is 2.38. The summed E-state index contributed by atoms with van der Waals surface area (Å²) in [5, 5.41) is 2.26. The van der Waals surface area contributed by atoms with E-state index in [2.05, 4.69) is 21.0 Å². The third-order valence-electron chi connectivity index (χ3n) is 4.09. The van der Waals surface area contributed by atoms with Gasteiger partial charge in [-0.1, -0.05) is 11.6 Å². The molecule has 2 nitrogen and oxygen atoms in total. The van der Waals surface area contributed by atoms with Gasteiger partial charge in [0.1, 0.15) is 5.82 Å². The number of hydrogen-bond acceptors (Lipinski definition) is 2. The molecule has 1 aliphatic rings. The number of halogens is 2. The molecule has 1 aromatic carbocycles. The number of aryl methyl sites for hydroxylation is 1. The zero-order chi connectivity index (χ0) is 14.6. The Balaban J connectivity index is 1.98. The Hall–Kier alpha value is -1.17. The first-order valence-electron chi connectivity index (χ1n) is 6.80. The molecule has 0 fully saturated rings. The lowest BCUT2D eigenvalue weighted by Crippen LogP contribution is -2.15. The molecule has 1 unspecified atom stereocenters. The zero-order valence-corrected chi connectivity index (χ0v) is 13.4. The van der Waals surface area contributed by atoms with Crippen LogP contribution in [0.5, 0.6) is 0 Å². The van der Waals surface area contributed by atoms with Crippen LogP contribution in [0.1, 0.15) is 29.3 Å². The third-order valence-corrected chi connectivity index (χ3v) is 5.68. The zero-order valence-electron chi connectivity index (χ0n) is 11.0. The van der Waals surface area contributed by atoms with Gasteiger partial charge in [0.2, 0.25) is 0 Å². The summed E-state index contributed by atoms with van der Waals surface area (Å²) in [5.41, 5.74) is 2.91. The highest BCUT2D eigenvalue weighted by Gasteiger charge is 2.25. The highest BCUT2D eigenvalue weighted by molar-refractivity contribution is 7.71. The Bertz CT molecular complexity index is 893. The van der Waals surface area contributed by atoms with Gasteiger partial charge in [-0.15, -0.1) is 11.3 Å². The summed E-state index contributed by atoms with van der Waals surface area (Å²) < 4.78 is 16.3. The van der Waals surface area contributed by atoms with Gasteiger partial charge in [0.15, 0.2) is 4.77 Å². The molecule has 1 N–H and O–H groups in total. The summed E-state index contributed by atoms with van der Waals surface area (Å²) in [6.45, 7) is 0. The van der Waals surface area contributed by atoms with Crippen LogP contribution in [-0.4, -0.2) is 9.55 Å². The molecule has 0 bridgehead atoms. The maximum Gasteiger partial charge on any atom is 0.178 e. The molecular weight excluding hydrogens is 327 g/mol. The first-order chi connectivity index (χ1) is 10.1. The molecule has 0 saturated carbocycles. The van der Waals surface area contributed by atoms with Gasteiger partial charge in [-0.2, -0.15) is 0 Å². The lowest BCUT2D eigenvalue weighted by Gasteiger charge is -2.24. The molecule has 108 valence electrons. The van der Waals surface area contributed by atoms with Crippen LogP contribution in [0.4, 0.5) is 4.39 Å². The molecule has 3 aromatic rings. The molecule has 21 heavy (non-hydrogen) atoms. The first kappa shape index (κ1) is 13.5. The van der Waals surface area contributed by atoms with Crippen molar-refractivity contribution in [1.29, 1.82) is 0 Å². The first-order valence-corrected chi connectivity index (χ1v) is 8.47. The van der Waals surface area contributed by atoms with Gasteiger partial charge in [0.25, 0.3) is 0 Å². The van der Waals surface area contributed by atoms with Crippen LogP contribution in [0, 0.1) is 10.6 Å². The van der Waals surface area contributed by atoms with Crippen molar-refractivity contribution < 1.29 is 4.39 Å². The molecule has 2 aromatic heterocycles. The number of imidazole rings is 1. The Morgan fingerprint density at radius 2 is 2.29 bits per heavy atom. The largest absolute Gasteiger partial charge is 0.330 e. The maximum atomic E-state index is 13.6. The minimum Gasteiger partial charge on any atom is -0.330 e. The highest BCUT2D eigenvalue weighted by atomic mass is 35.5. The number of rotatable bonds is 1. The standard InChI is InChI=1S/C15H12ClFN2S2/c16-9-6-13-11(7-10(9)17)18-15(20)19(13)12-2-1-3-14-8(12)4-5-21-14/h4-7,12H,1-3H2,(H,18,20). The van der Waals surface area contributed by atoms with Gasteiger partial charge in [0, 0.05) is 10.9 Å². The quantitative estimate of drug-likeness (QED) is 0.583. The number of aromatic nitrogens is 2. The smallest absolute Gasteiger partial charge is 0.178 e. The third kappa shape index (κ3) is 2.06. The fraction of sp³-hybridized carbons (Fsp3) is 0.267. The second-order valence-corrected chi connectivity index (χ2v) is 7.09. The molecule has 0 aliphatic heterocycles. The van der Waals surface area contributed by atoms with Crippen molar-refractivity contribution in [2.45, 2.75) is 25.3 Å². The number of hydrogen-bond donors (Lipinski definition) is 1. The summed E-state index contributed by atoms with van der Waals surface area (Å²) in [4.78, 5) is 4.52. The van der Waals surface area contributed by atoms with Crippen molar-refractivity contribution in [2.24, 2.45) is 0 Å². The van der Waals surface area contributed by atoms with Gasteiger partial charge in [-0.05, 0) is 54.6 Å². The van der Waals surface area contributed by atoms with Gasteiger partial charge in [-0.3, -0.25) is 0 Å². The molecule has 0 radical (unpaired) electrons. The minimum absolute atomic E-state index is 0.131. The SMILES string of the molecule is Fc1cc2[nH]c(=S)n(C3CCCc4sccc43)c2cc1Cl. The fourth-order valence-corrected chi connectivity index (χ4v) is 4.64. The molecule has 1 aliphatic carbocycles. The van der Waals surface area contributed by atoms with E-state index < -0.39 is 5.82 Å². The van der Waals surface area contributed by atoms with Gasteiger partial charge >= 0.3 is 0 Å². The maximum absolute atomic E-state index is 13.6. The average Bonchev–Trinajstić information content (AvgIpc) is 3.03. The normalized spacial score (nSPS) is 18.1. The summed E-state index contributed by atoms with van der Waals surface area (Å²) in [6, 6.07) is 5.47. The van der Waals surface area contributed by atoms with Crippen LogP contribution in [0.2, 0.25) is 5.02 Å². The Kier molecular flexibility index (Phi) is 3.17. The minimum atomic E-state index is -0.424. The van der Waals surface area contributed by atoms with Gasteiger partial charge in [0.05, 0.1) is 22.1 Å². The van der Waals surface area contributed by atoms with E-state index in [0.29, 0.717) is 10.3 Å².